The van der Waals surface area contributed by atoms with Crippen molar-refractivity contribution in [2.75, 3.05) is 4.90 Å². The highest BCUT2D eigenvalue weighted by Gasteiger charge is 2.38. The van der Waals surface area contributed by atoms with Crippen LogP contribution in [0.3, 0.4) is 0 Å². The smallest absolute Gasteiger partial charge is 0.0454 e. The Balaban J connectivity index is 1.84. The van der Waals surface area contributed by atoms with E-state index in [0.717, 1.165) is 33.6 Å². The maximum atomic E-state index is 9.11. The first-order valence-electron chi connectivity index (χ1n) is 14.2. The molecule has 0 N–H and O–H groups in total. The normalized spacial score (nSPS) is 16.4. The minimum Gasteiger partial charge on any atom is -0.336 e. The third-order valence-corrected chi connectivity index (χ3v) is 7.66. The molecule has 2 unspecified atom stereocenters. The molecular formula is C35H39N. The Bertz CT molecular complexity index is 1480. The van der Waals surface area contributed by atoms with Gasteiger partial charge in [-0.3, -0.25) is 0 Å². The Hall–Kier alpha value is -3.32. The van der Waals surface area contributed by atoms with Crippen LogP contribution in [0, 0.1) is 0 Å². The molecule has 1 heteroatoms. The first-order valence-corrected chi connectivity index (χ1v) is 13.0. The molecule has 0 saturated heterocycles. The van der Waals surface area contributed by atoms with Crippen molar-refractivity contribution in [1.82, 2.24) is 0 Å². The Labute approximate surface area is 220 Å². The second kappa shape index (κ2) is 8.96. The zero-order valence-electron chi connectivity index (χ0n) is 24.7. The van der Waals surface area contributed by atoms with Gasteiger partial charge in [0, 0.05) is 25.1 Å². The van der Waals surface area contributed by atoms with E-state index in [9.17, 15) is 0 Å². The Morgan fingerprint density at radius 3 is 1.94 bits per heavy atom. The standard InChI is InChI=1S/C35H39N/c1-8-25-27(24-16-11-10-12-17-24)19-15-21-31(25)36(34(3,4)5)32-23-22-30-33(26(32)9-2)28-18-13-14-20-29(28)35(30,6)7/h10-23H,8-9H2,1-7H3/i8D,9D. The molecule has 0 aromatic heterocycles. The van der Waals surface area contributed by atoms with Crippen LogP contribution in [0.4, 0.5) is 11.4 Å². The number of hydrogen-bond acceptors (Lipinski definition) is 1. The van der Waals surface area contributed by atoms with Gasteiger partial charge < -0.3 is 4.90 Å². The lowest BCUT2D eigenvalue weighted by atomic mass is 9.81. The first-order chi connectivity index (χ1) is 17.9. The number of nitrogens with zero attached hydrogens (tertiary/aromatic N) is 1. The lowest BCUT2D eigenvalue weighted by Gasteiger charge is -2.41. The van der Waals surface area contributed by atoms with Crippen molar-refractivity contribution in [3.8, 4) is 22.3 Å². The van der Waals surface area contributed by atoms with Gasteiger partial charge in [0.2, 0.25) is 0 Å². The van der Waals surface area contributed by atoms with Gasteiger partial charge in [-0.2, -0.15) is 0 Å². The van der Waals surface area contributed by atoms with Gasteiger partial charge in [0.25, 0.3) is 0 Å². The Morgan fingerprint density at radius 2 is 1.28 bits per heavy atom. The highest BCUT2D eigenvalue weighted by molar-refractivity contribution is 5.89. The van der Waals surface area contributed by atoms with Crippen molar-refractivity contribution in [2.45, 2.75) is 72.2 Å². The van der Waals surface area contributed by atoms with Crippen LogP contribution in [0.15, 0.2) is 84.9 Å². The van der Waals surface area contributed by atoms with Crippen LogP contribution in [-0.2, 0) is 18.2 Å². The predicted octanol–water partition coefficient (Wildman–Crippen LogP) is 9.72. The minimum absolute atomic E-state index is 0.116. The second-order valence-corrected chi connectivity index (χ2v) is 11.3. The molecule has 36 heavy (non-hydrogen) atoms. The molecule has 0 saturated carbocycles. The van der Waals surface area contributed by atoms with E-state index in [1.807, 2.05) is 19.9 Å². The summed E-state index contributed by atoms with van der Waals surface area (Å²) in [6.07, 6.45) is -0.835. The molecule has 0 bridgehead atoms. The minimum atomic E-state index is -0.419. The van der Waals surface area contributed by atoms with Crippen molar-refractivity contribution in [1.29, 1.82) is 0 Å². The molecule has 2 atom stereocenters. The van der Waals surface area contributed by atoms with Crippen LogP contribution in [0.5, 0.6) is 0 Å². The summed E-state index contributed by atoms with van der Waals surface area (Å²) < 4.78 is 18.1. The van der Waals surface area contributed by atoms with Crippen LogP contribution >= 0.6 is 0 Å². The number of benzene rings is 4. The summed E-state index contributed by atoms with van der Waals surface area (Å²) in [6, 6.07) is 30.0. The highest BCUT2D eigenvalue weighted by Crippen LogP contribution is 2.53. The molecule has 1 nitrogen and oxygen atoms in total. The van der Waals surface area contributed by atoms with E-state index >= 15 is 0 Å². The van der Waals surface area contributed by atoms with E-state index in [0.29, 0.717) is 0 Å². The van der Waals surface area contributed by atoms with E-state index in [2.05, 4.69) is 118 Å². The third kappa shape index (κ3) is 3.77. The molecule has 1 aliphatic carbocycles. The van der Waals surface area contributed by atoms with Crippen molar-refractivity contribution < 1.29 is 2.74 Å². The molecule has 1 aliphatic rings. The largest absolute Gasteiger partial charge is 0.336 e. The van der Waals surface area contributed by atoms with Crippen LogP contribution in [0.1, 0.15) is 73.5 Å². The van der Waals surface area contributed by atoms with Gasteiger partial charge in [0.15, 0.2) is 0 Å². The molecule has 184 valence electrons. The summed E-state index contributed by atoms with van der Waals surface area (Å²) in [5, 5.41) is 0. The fourth-order valence-electron chi connectivity index (χ4n) is 6.07. The topological polar surface area (TPSA) is 3.24 Å². The second-order valence-electron chi connectivity index (χ2n) is 11.3. The zero-order valence-corrected chi connectivity index (χ0v) is 22.7. The fraction of sp³-hybridized carbons (Fsp3) is 0.314. The number of hydrogen-bond donors (Lipinski definition) is 0. The lowest BCUT2D eigenvalue weighted by Crippen LogP contribution is -2.39. The maximum Gasteiger partial charge on any atom is 0.0454 e. The van der Waals surface area contributed by atoms with Crippen molar-refractivity contribution in [3.63, 3.8) is 0 Å². The van der Waals surface area contributed by atoms with E-state index in [1.54, 1.807) is 0 Å². The van der Waals surface area contributed by atoms with Gasteiger partial charge in [-0.25, -0.2) is 0 Å². The number of rotatable bonds is 5. The van der Waals surface area contributed by atoms with Crippen molar-refractivity contribution >= 4 is 11.4 Å². The summed E-state index contributed by atoms with van der Waals surface area (Å²) in [4.78, 5) is 2.38. The maximum absolute atomic E-state index is 9.11. The molecule has 0 fully saturated rings. The SMILES string of the molecule is [2H]C(C)c1c(-c2ccccc2)cccc1N(c1ccc2c(c1C([2H])C)-c1ccccc1C2(C)C)C(C)(C)C. The summed E-state index contributed by atoms with van der Waals surface area (Å²) in [5.41, 5.74) is 11.0. The van der Waals surface area contributed by atoms with Crippen molar-refractivity contribution in [3.05, 3.63) is 107 Å². The van der Waals surface area contributed by atoms with Gasteiger partial charge >= 0.3 is 0 Å². The first kappa shape index (κ1) is 21.9. The molecule has 4 aromatic carbocycles. The molecule has 0 aliphatic heterocycles. The molecule has 5 rings (SSSR count). The van der Waals surface area contributed by atoms with Gasteiger partial charge in [-0.15, -0.1) is 0 Å². The quantitative estimate of drug-likeness (QED) is 0.278. The number of anilines is 2. The summed E-state index contributed by atoms with van der Waals surface area (Å²) >= 11 is 0. The highest BCUT2D eigenvalue weighted by atomic mass is 15.2. The number of fused-ring (bicyclic) bond motifs is 3. The van der Waals surface area contributed by atoms with Crippen LogP contribution < -0.4 is 4.90 Å². The van der Waals surface area contributed by atoms with Gasteiger partial charge in [0.1, 0.15) is 0 Å². The van der Waals surface area contributed by atoms with Gasteiger partial charge in [-0.1, -0.05) is 100 Å². The Morgan fingerprint density at radius 1 is 0.667 bits per heavy atom. The molecule has 0 radical (unpaired) electrons. The lowest BCUT2D eigenvalue weighted by molar-refractivity contribution is 0.557. The van der Waals surface area contributed by atoms with E-state index in [4.69, 9.17) is 2.74 Å². The van der Waals surface area contributed by atoms with E-state index in [1.165, 1.54) is 22.3 Å². The molecule has 4 aromatic rings. The van der Waals surface area contributed by atoms with E-state index < -0.39 is 12.8 Å². The monoisotopic (exact) mass is 475 g/mol. The molecular weight excluding hydrogens is 434 g/mol. The zero-order chi connectivity index (χ0) is 27.4. The van der Waals surface area contributed by atoms with Crippen LogP contribution in [0.25, 0.3) is 22.3 Å². The molecule has 0 spiro atoms. The van der Waals surface area contributed by atoms with Gasteiger partial charge in [-0.05, 0) is 90.2 Å². The predicted molar refractivity (Wildman–Crippen MR) is 157 cm³/mol. The van der Waals surface area contributed by atoms with E-state index in [-0.39, 0.29) is 11.0 Å². The Kier molecular flexibility index (Phi) is 5.46. The van der Waals surface area contributed by atoms with Gasteiger partial charge in [0.05, 0.1) is 0 Å². The molecule has 0 heterocycles. The summed E-state index contributed by atoms with van der Waals surface area (Å²) in [5.74, 6) is 0. The average Bonchev–Trinajstić information content (AvgIpc) is 3.10. The van der Waals surface area contributed by atoms with Crippen LogP contribution in [-0.4, -0.2) is 5.54 Å². The summed E-state index contributed by atoms with van der Waals surface area (Å²) in [7, 11) is 0. The molecule has 0 amide bonds. The average molecular weight is 476 g/mol. The third-order valence-electron chi connectivity index (χ3n) is 7.66. The van der Waals surface area contributed by atoms with Crippen molar-refractivity contribution in [2.24, 2.45) is 0 Å². The fourth-order valence-corrected chi connectivity index (χ4v) is 6.07. The summed E-state index contributed by atoms with van der Waals surface area (Å²) in [6.45, 7) is 15.2. The van der Waals surface area contributed by atoms with Crippen LogP contribution in [0.2, 0.25) is 0 Å².